The van der Waals surface area contributed by atoms with Crippen LogP contribution in [0.25, 0.3) is 0 Å². The highest BCUT2D eigenvalue weighted by molar-refractivity contribution is 9.10. The van der Waals surface area contributed by atoms with Crippen molar-refractivity contribution in [1.82, 2.24) is 0 Å². The van der Waals surface area contributed by atoms with Crippen LogP contribution in [0.5, 0.6) is 0 Å². The van der Waals surface area contributed by atoms with E-state index in [0.717, 1.165) is 9.78 Å². The third-order valence-corrected chi connectivity index (χ3v) is 4.28. The second-order valence-corrected chi connectivity index (χ2v) is 7.43. The van der Waals surface area contributed by atoms with Gasteiger partial charge in [-0.1, -0.05) is 17.7 Å². The quantitative estimate of drug-likeness (QED) is 0.713. The summed E-state index contributed by atoms with van der Waals surface area (Å²) in [6.45, 7) is 3.46. The van der Waals surface area contributed by atoms with Crippen molar-refractivity contribution in [3.8, 4) is 0 Å². The number of rotatable bonds is 1. The molecule has 0 amide bonds. The maximum Gasteiger partial charge on any atom is 0.109 e. The fourth-order valence-electron chi connectivity index (χ4n) is 0.820. The molecular formula is C8H9BrClOP. The van der Waals surface area contributed by atoms with E-state index in [-0.39, 0.29) is 0 Å². The summed E-state index contributed by atoms with van der Waals surface area (Å²) in [6, 6.07) is 5.39. The van der Waals surface area contributed by atoms with Crippen LogP contribution in [0.15, 0.2) is 22.7 Å². The van der Waals surface area contributed by atoms with Crippen molar-refractivity contribution in [2.24, 2.45) is 0 Å². The number of benzene rings is 1. The van der Waals surface area contributed by atoms with E-state index in [1.807, 2.05) is 12.1 Å². The Kier molecular flexibility index (Phi) is 3.03. The molecule has 1 nitrogen and oxygen atoms in total. The molecule has 4 heteroatoms. The first kappa shape index (κ1) is 10.3. The molecule has 0 heterocycles. The Morgan fingerprint density at radius 3 is 2.42 bits per heavy atom. The zero-order chi connectivity index (χ0) is 9.35. The van der Waals surface area contributed by atoms with Gasteiger partial charge < -0.3 is 4.57 Å². The molecule has 0 unspecified atom stereocenters. The summed E-state index contributed by atoms with van der Waals surface area (Å²) >= 11 is 9.13. The van der Waals surface area contributed by atoms with Crippen LogP contribution in [0, 0.1) is 0 Å². The van der Waals surface area contributed by atoms with Crippen LogP contribution < -0.4 is 5.30 Å². The standard InChI is InChI=1S/C8H9BrClOP/c1-12(2,11)6-3-4-7(9)8(10)5-6/h3-5H,1-2H3. The highest BCUT2D eigenvalue weighted by atomic mass is 79.9. The molecule has 0 bridgehead atoms. The Labute approximate surface area is 85.6 Å². The van der Waals surface area contributed by atoms with E-state index in [4.69, 9.17) is 11.6 Å². The van der Waals surface area contributed by atoms with Crippen LogP contribution in [0.2, 0.25) is 5.02 Å². The molecule has 0 N–H and O–H groups in total. The highest BCUT2D eigenvalue weighted by Gasteiger charge is 2.11. The average molecular weight is 267 g/mol. The fraction of sp³-hybridized carbons (Fsp3) is 0.250. The van der Waals surface area contributed by atoms with Crippen LogP contribution in [0.3, 0.4) is 0 Å². The largest absolute Gasteiger partial charge is 0.319 e. The van der Waals surface area contributed by atoms with Crippen molar-refractivity contribution >= 4 is 40.0 Å². The number of halogens is 2. The van der Waals surface area contributed by atoms with Gasteiger partial charge in [0.05, 0.1) is 5.02 Å². The molecule has 0 aliphatic heterocycles. The summed E-state index contributed by atoms with van der Waals surface area (Å²) in [6.07, 6.45) is 0. The number of hydrogen-bond donors (Lipinski definition) is 0. The van der Waals surface area contributed by atoms with E-state index in [2.05, 4.69) is 15.9 Å². The molecule has 1 aromatic carbocycles. The van der Waals surface area contributed by atoms with Crippen molar-refractivity contribution in [2.75, 3.05) is 13.3 Å². The topological polar surface area (TPSA) is 17.1 Å². The third-order valence-electron chi connectivity index (χ3n) is 1.52. The van der Waals surface area contributed by atoms with Crippen LogP contribution >= 0.6 is 34.7 Å². The highest BCUT2D eigenvalue weighted by Crippen LogP contribution is 2.36. The Hall–Kier alpha value is 0.220. The van der Waals surface area contributed by atoms with Gasteiger partial charge in [0, 0.05) is 9.78 Å². The van der Waals surface area contributed by atoms with E-state index < -0.39 is 7.14 Å². The van der Waals surface area contributed by atoms with Crippen LogP contribution in [-0.4, -0.2) is 13.3 Å². The summed E-state index contributed by atoms with van der Waals surface area (Å²) in [5, 5.41) is 1.42. The molecule has 0 atom stereocenters. The second kappa shape index (κ2) is 3.53. The lowest BCUT2D eigenvalue weighted by Crippen LogP contribution is -2.01. The van der Waals surface area contributed by atoms with Crippen molar-refractivity contribution in [1.29, 1.82) is 0 Å². The Morgan fingerprint density at radius 2 is 2.00 bits per heavy atom. The van der Waals surface area contributed by atoms with Gasteiger partial charge in [0.25, 0.3) is 0 Å². The lowest BCUT2D eigenvalue weighted by molar-refractivity contribution is 0.588. The molecule has 0 spiro atoms. The van der Waals surface area contributed by atoms with Crippen LogP contribution in [0.1, 0.15) is 0 Å². The van der Waals surface area contributed by atoms with Crippen molar-refractivity contribution in [2.45, 2.75) is 0 Å². The average Bonchev–Trinajstić information content (AvgIpc) is 1.92. The van der Waals surface area contributed by atoms with E-state index >= 15 is 0 Å². The molecule has 1 rings (SSSR count). The predicted molar refractivity (Wildman–Crippen MR) is 58.2 cm³/mol. The van der Waals surface area contributed by atoms with Gasteiger partial charge in [-0.05, 0) is 41.4 Å². The van der Waals surface area contributed by atoms with Crippen molar-refractivity contribution in [3.05, 3.63) is 27.7 Å². The maximum atomic E-state index is 11.6. The Bertz CT molecular complexity index is 345. The molecule has 1 aromatic rings. The smallest absolute Gasteiger partial charge is 0.109 e. The zero-order valence-electron chi connectivity index (χ0n) is 6.84. The minimum absolute atomic E-state index is 0.608. The first-order chi connectivity index (χ1) is 5.41. The summed E-state index contributed by atoms with van der Waals surface area (Å²) < 4.78 is 12.4. The van der Waals surface area contributed by atoms with Gasteiger partial charge in [-0.2, -0.15) is 0 Å². The summed E-state index contributed by atoms with van der Waals surface area (Å²) in [5.41, 5.74) is 0. The van der Waals surface area contributed by atoms with Crippen LogP contribution in [0.4, 0.5) is 0 Å². The summed E-state index contributed by atoms with van der Waals surface area (Å²) in [5.74, 6) is 0. The third kappa shape index (κ3) is 2.35. The Morgan fingerprint density at radius 1 is 1.42 bits per heavy atom. The minimum Gasteiger partial charge on any atom is -0.319 e. The van der Waals surface area contributed by atoms with Gasteiger partial charge in [0.15, 0.2) is 0 Å². The molecular weight excluding hydrogens is 258 g/mol. The molecule has 0 saturated heterocycles. The molecule has 0 saturated carbocycles. The summed E-state index contributed by atoms with van der Waals surface area (Å²) in [7, 11) is -2.17. The fourth-order valence-corrected chi connectivity index (χ4v) is 2.20. The van der Waals surface area contributed by atoms with Gasteiger partial charge in [-0.3, -0.25) is 0 Å². The van der Waals surface area contributed by atoms with Gasteiger partial charge in [0.2, 0.25) is 0 Å². The van der Waals surface area contributed by atoms with E-state index in [1.54, 1.807) is 19.4 Å². The van der Waals surface area contributed by atoms with Gasteiger partial charge in [-0.25, -0.2) is 0 Å². The van der Waals surface area contributed by atoms with Crippen LogP contribution in [-0.2, 0) is 4.57 Å². The van der Waals surface area contributed by atoms with Gasteiger partial charge >= 0.3 is 0 Å². The molecule has 12 heavy (non-hydrogen) atoms. The Balaban J connectivity index is 3.23. The molecule has 0 aromatic heterocycles. The number of hydrogen-bond acceptors (Lipinski definition) is 1. The maximum absolute atomic E-state index is 11.6. The van der Waals surface area contributed by atoms with Gasteiger partial charge in [-0.15, -0.1) is 0 Å². The molecule has 0 aliphatic carbocycles. The SMILES string of the molecule is CP(C)(=O)c1ccc(Br)c(Cl)c1. The molecule has 0 aliphatic rings. The monoisotopic (exact) mass is 266 g/mol. The van der Waals surface area contributed by atoms with E-state index in [1.165, 1.54) is 0 Å². The van der Waals surface area contributed by atoms with Gasteiger partial charge in [0.1, 0.15) is 7.14 Å². The minimum atomic E-state index is -2.17. The predicted octanol–water partition coefficient (Wildman–Crippen LogP) is 3.35. The normalized spacial score (nSPS) is 11.7. The first-order valence-corrected chi connectivity index (χ1v) is 7.19. The van der Waals surface area contributed by atoms with Crippen molar-refractivity contribution in [3.63, 3.8) is 0 Å². The second-order valence-electron chi connectivity index (χ2n) is 2.95. The first-order valence-electron chi connectivity index (χ1n) is 3.42. The zero-order valence-corrected chi connectivity index (χ0v) is 10.1. The lowest BCUT2D eigenvalue weighted by Gasteiger charge is -2.07. The molecule has 0 radical (unpaired) electrons. The van der Waals surface area contributed by atoms with E-state index in [9.17, 15) is 4.57 Å². The lowest BCUT2D eigenvalue weighted by atomic mass is 10.4. The van der Waals surface area contributed by atoms with Crippen molar-refractivity contribution < 1.29 is 4.57 Å². The molecule has 0 fully saturated rings. The molecule has 66 valence electrons. The van der Waals surface area contributed by atoms with E-state index in [0.29, 0.717) is 5.02 Å². The summed E-state index contributed by atoms with van der Waals surface area (Å²) in [4.78, 5) is 0.